The van der Waals surface area contributed by atoms with Crippen molar-refractivity contribution in [2.75, 3.05) is 13.3 Å². The van der Waals surface area contributed by atoms with Crippen molar-refractivity contribution in [2.24, 2.45) is 0 Å². The molecule has 0 amide bonds. The van der Waals surface area contributed by atoms with E-state index in [0.29, 0.717) is 6.79 Å². The molecule has 23 heavy (non-hydrogen) atoms. The molecular formula is C18H19N3O2. The van der Waals surface area contributed by atoms with Crippen molar-refractivity contribution in [2.45, 2.75) is 20.0 Å². The fourth-order valence-corrected chi connectivity index (χ4v) is 3.04. The van der Waals surface area contributed by atoms with Gasteiger partial charge in [0.05, 0.1) is 11.7 Å². The fourth-order valence-electron chi connectivity index (χ4n) is 3.04. The molecule has 118 valence electrons. The highest BCUT2D eigenvalue weighted by atomic mass is 16.7. The van der Waals surface area contributed by atoms with E-state index in [1.54, 1.807) is 0 Å². The topological polar surface area (TPSA) is 50.4 Å². The normalized spacial score (nSPS) is 13.1. The Morgan fingerprint density at radius 3 is 3.00 bits per heavy atom. The summed E-state index contributed by atoms with van der Waals surface area (Å²) in [5.41, 5.74) is 3.54. The van der Waals surface area contributed by atoms with Crippen LogP contribution < -0.4 is 9.47 Å². The molecule has 0 bridgehead atoms. The lowest BCUT2D eigenvalue weighted by molar-refractivity contribution is 0.171. The molecule has 4 rings (SSSR count). The van der Waals surface area contributed by atoms with Crippen LogP contribution in [-0.4, -0.2) is 28.2 Å². The van der Waals surface area contributed by atoms with Crippen molar-refractivity contribution in [3.05, 3.63) is 54.0 Å². The molecule has 0 saturated heterocycles. The molecule has 1 N–H and O–H groups in total. The maximum Gasteiger partial charge on any atom is 0.231 e. The van der Waals surface area contributed by atoms with Crippen LogP contribution in [-0.2, 0) is 13.1 Å². The molecule has 0 spiro atoms. The van der Waals surface area contributed by atoms with Gasteiger partial charge in [-0.15, -0.1) is 0 Å². The number of rotatable bonds is 5. The molecule has 5 nitrogen and oxygen atoms in total. The highest BCUT2D eigenvalue weighted by molar-refractivity contribution is 5.82. The van der Waals surface area contributed by atoms with Gasteiger partial charge in [-0.3, -0.25) is 9.88 Å². The average molecular weight is 309 g/mol. The van der Waals surface area contributed by atoms with Crippen LogP contribution in [0.15, 0.2) is 42.9 Å². The van der Waals surface area contributed by atoms with Gasteiger partial charge in [-0.2, -0.15) is 0 Å². The average Bonchev–Trinajstić information content (AvgIpc) is 3.22. The van der Waals surface area contributed by atoms with Gasteiger partial charge in [-0.05, 0) is 24.2 Å². The number of benzene rings is 1. The Balaban J connectivity index is 1.57. The number of ether oxygens (including phenoxy) is 2. The first-order valence-electron chi connectivity index (χ1n) is 7.85. The predicted octanol–water partition coefficient (Wildman–Crippen LogP) is 3.31. The molecule has 3 heterocycles. The number of aromatic nitrogens is 2. The summed E-state index contributed by atoms with van der Waals surface area (Å²) < 4.78 is 11.1. The summed E-state index contributed by atoms with van der Waals surface area (Å²) in [7, 11) is 0. The molecule has 2 aromatic heterocycles. The van der Waals surface area contributed by atoms with Crippen LogP contribution in [0.5, 0.6) is 11.5 Å². The van der Waals surface area contributed by atoms with Crippen LogP contribution in [0.3, 0.4) is 0 Å². The first kappa shape index (κ1) is 14.1. The van der Waals surface area contributed by atoms with Gasteiger partial charge in [-0.25, -0.2) is 0 Å². The van der Waals surface area contributed by atoms with E-state index in [9.17, 15) is 0 Å². The van der Waals surface area contributed by atoms with Gasteiger partial charge in [0, 0.05) is 36.4 Å². The predicted molar refractivity (Wildman–Crippen MR) is 88.4 cm³/mol. The van der Waals surface area contributed by atoms with Crippen LogP contribution in [0.4, 0.5) is 0 Å². The van der Waals surface area contributed by atoms with Crippen molar-refractivity contribution in [1.29, 1.82) is 0 Å². The van der Waals surface area contributed by atoms with Crippen LogP contribution >= 0.6 is 0 Å². The van der Waals surface area contributed by atoms with Crippen molar-refractivity contribution in [3.63, 3.8) is 0 Å². The van der Waals surface area contributed by atoms with Crippen LogP contribution in [0, 0.1) is 0 Å². The molecule has 0 radical (unpaired) electrons. The molecule has 0 aliphatic carbocycles. The van der Waals surface area contributed by atoms with Crippen molar-refractivity contribution in [3.8, 4) is 11.5 Å². The Morgan fingerprint density at radius 1 is 1.17 bits per heavy atom. The summed E-state index contributed by atoms with van der Waals surface area (Å²) in [5.74, 6) is 1.73. The lowest BCUT2D eigenvalue weighted by atomic mass is 10.1. The molecule has 0 unspecified atom stereocenters. The van der Waals surface area contributed by atoms with E-state index >= 15 is 0 Å². The van der Waals surface area contributed by atoms with E-state index in [0.717, 1.165) is 36.6 Å². The monoisotopic (exact) mass is 309 g/mol. The maximum absolute atomic E-state index is 5.62. The van der Waals surface area contributed by atoms with Gasteiger partial charge in [0.2, 0.25) is 6.79 Å². The number of hydrogen-bond acceptors (Lipinski definition) is 4. The van der Waals surface area contributed by atoms with Gasteiger partial charge in [0.1, 0.15) is 0 Å². The number of H-pyrrole nitrogens is 1. The third-order valence-corrected chi connectivity index (χ3v) is 4.28. The molecule has 5 heteroatoms. The minimum Gasteiger partial charge on any atom is -0.454 e. The Morgan fingerprint density at radius 2 is 2.09 bits per heavy atom. The highest BCUT2D eigenvalue weighted by Crippen LogP contribution is 2.36. The van der Waals surface area contributed by atoms with Crippen LogP contribution in [0.25, 0.3) is 10.9 Å². The van der Waals surface area contributed by atoms with E-state index in [-0.39, 0.29) is 0 Å². The maximum atomic E-state index is 5.62. The first-order valence-corrected chi connectivity index (χ1v) is 7.85. The number of nitrogens with one attached hydrogen (secondary N) is 1. The van der Waals surface area contributed by atoms with Gasteiger partial charge in [0.15, 0.2) is 11.5 Å². The molecular weight excluding hydrogens is 290 g/mol. The van der Waals surface area contributed by atoms with Crippen LogP contribution in [0.1, 0.15) is 18.1 Å². The molecule has 0 atom stereocenters. The zero-order valence-corrected chi connectivity index (χ0v) is 13.1. The Labute approximate surface area is 134 Å². The largest absolute Gasteiger partial charge is 0.454 e. The number of pyridine rings is 1. The van der Waals surface area contributed by atoms with Gasteiger partial charge < -0.3 is 14.5 Å². The van der Waals surface area contributed by atoms with Crippen molar-refractivity contribution in [1.82, 2.24) is 14.9 Å². The van der Waals surface area contributed by atoms with Gasteiger partial charge >= 0.3 is 0 Å². The molecule has 3 aromatic rings. The van der Waals surface area contributed by atoms with E-state index in [2.05, 4.69) is 40.1 Å². The smallest absolute Gasteiger partial charge is 0.231 e. The number of aromatic amines is 1. The third kappa shape index (κ3) is 2.64. The molecule has 1 aliphatic heterocycles. The van der Waals surface area contributed by atoms with Crippen molar-refractivity contribution >= 4 is 10.9 Å². The Bertz CT molecular complexity index is 828. The SMILES string of the molecule is CCN(Cc1cccc2c1OCO2)Cc1c[nH]c2cnccc12. The zero-order valence-electron chi connectivity index (χ0n) is 13.1. The van der Waals surface area contributed by atoms with Gasteiger partial charge in [0.25, 0.3) is 0 Å². The lowest BCUT2D eigenvalue weighted by Gasteiger charge is -2.21. The highest BCUT2D eigenvalue weighted by Gasteiger charge is 2.19. The van der Waals surface area contributed by atoms with E-state index < -0.39 is 0 Å². The second-order valence-electron chi connectivity index (χ2n) is 5.69. The summed E-state index contributed by atoms with van der Waals surface area (Å²) in [5, 5.41) is 1.23. The molecule has 1 aliphatic rings. The fraction of sp³-hybridized carbons (Fsp3) is 0.278. The Hall–Kier alpha value is -2.53. The summed E-state index contributed by atoms with van der Waals surface area (Å²) in [4.78, 5) is 9.84. The molecule has 0 saturated carbocycles. The van der Waals surface area contributed by atoms with Crippen LogP contribution in [0.2, 0.25) is 0 Å². The summed E-state index contributed by atoms with van der Waals surface area (Å²) in [6.07, 6.45) is 5.78. The summed E-state index contributed by atoms with van der Waals surface area (Å²) in [6, 6.07) is 8.14. The van der Waals surface area contributed by atoms with Crippen molar-refractivity contribution < 1.29 is 9.47 Å². The van der Waals surface area contributed by atoms with E-state index in [1.165, 1.54) is 16.5 Å². The third-order valence-electron chi connectivity index (χ3n) is 4.28. The quantitative estimate of drug-likeness (QED) is 0.785. The number of hydrogen-bond donors (Lipinski definition) is 1. The zero-order chi connectivity index (χ0) is 15.6. The number of fused-ring (bicyclic) bond motifs is 2. The first-order chi connectivity index (χ1) is 11.3. The second-order valence-corrected chi connectivity index (χ2v) is 5.69. The lowest BCUT2D eigenvalue weighted by Crippen LogP contribution is -2.22. The number of para-hydroxylation sites is 1. The second kappa shape index (κ2) is 5.93. The molecule has 0 fully saturated rings. The summed E-state index contributed by atoms with van der Waals surface area (Å²) >= 11 is 0. The standard InChI is InChI=1S/C18H19N3O2/c1-2-21(10-13-4-3-5-17-18(13)23-12-22-17)11-14-8-20-16-9-19-7-6-15(14)16/h3-9,20H,2,10-12H2,1H3. The van der Waals surface area contributed by atoms with Gasteiger partial charge in [-0.1, -0.05) is 19.1 Å². The Kier molecular flexibility index (Phi) is 3.63. The summed E-state index contributed by atoms with van der Waals surface area (Å²) in [6.45, 7) is 5.17. The minimum atomic E-state index is 0.313. The van der Waals surface area contributed by atoms with E-state index in [1.807, 2.05) is 24.5 Å². The minimum absolute atomic E-state index is 0.313. The van der Waals surface area contributed by atoms with E-state index in [4.69, 9.17) is 9.47 Å². The molecule has 1 aromatic carbocycles. The number of nitrogens with zero attached hydrogens (tertiary/aromatic N) is 2.